The van der Waals surface area contributed by atoms with Gasteiger partial charge >= 0.3 is 0 Å². The molecule has 0 amide bonds. The van der Waals surface area contributed by atoms with Gasteiger partial charge in [0, 0.05) is 11.8 Å². The van der Waals surface area contributed by atoms with Crippen molar-refractivity contribution in [3.05, 3.63) is 41.2 Å². The molecular formula is C13H19BrN2OS. The van der Waals surface area contributed by atoms with E-state index in [1.54, 1.807) is 6.20 Å². The number of hydrogen-bond donors (Lipinski definition) is 1. The molecule has 1 aromatic heterocycles. The zero-order chi connectivity index (χ0) is 13.8. The maximum absolute atomic E-state index is 12.2. The summed E-state index contributed by atoms with van der Waals surface area (Å²) < 4.78 is 15.8. The van der Waals surface area contributed by atoms with E-state index in [0.717, 1.165) is 10.2 Å². The van der Waals surface area contributed by atoms with E-state index in [4.69, 9.17) is 0 Å². The van der Waals surface area contributed by atoms with Crippen LogP contribution < -0.4 is 4.72 Å². The summed E-state index contributed by atoms with van der Waals surface area (Å²) in [5.74, 6) is 0. The summed E-state index contributed by atoms with van der Waals surface area (Å²) in [6.07, 6.45) is 4.24. The second-order valence-corrected chi connectivity index (χ2v) is 7.71. The maximum atomic E-state index is 12.2. The van der Waals surface area contributed by atoms with Gasteiger partial charge in [0.05, 0.1) is 21.8 Å². The summed E-state index contributed by atoms with van der Waals surface area (Å²) in [5, 5.41) is 0. The van der Waals surface area contributed by atoms with Crippen molar-refractivity contribution in [3.8, 4) is 0 Å². The minimum absolute atomic E-state index is 0.0503. The SMILES string of the molecule is C=CC[C@@H](NS(=O)C(C)(C)C)c1cccnc1Br. The number of aromatic nitrogens is 1. The third-order valence-electron chi connectivity index (χ3n) is 2.37. The van der Waals surface area contributed by atoms with E-state index in [-0.39, 0.29) is 10.8 Å². The monoisotopic (exact) mass is 330 g/mol. The summed E-state index contributed by atoms with van der Waals surface area (Å²) in [5.41, 5.74) is 0.995. The molecule has 3 nitrogen and oxygen atoms in total. The molecule has 0 spiro atoms. The van der Waals surface area contributed by atoms with Crippen LogP contribution in [0.5, 0.6) is 0 Å². The third kappa shape index (κ3) is 4.30. The molecule has 0 aliphatic carbocycles. The van der Waals surface area contributed by atoms with Gasteiger partial charge in [0.25, 0.3) is 0 Å². The number of rotatable bonds is 5. The van der Waals surface area contributed by atoms with E-state index >= 15 is 0 Å². The Morgan fingerprint density at radius 3 is 2.78 bits per heavy atom. The Labute approximate surface area is 120 Å². The van der Waals surface area contributed by atoms with Gasteiger partial charge in [0.1, 0.15) is 4.60 Å². The van der Waals surface area contributed by atoms with Crippen molar-refractivity contribution in [2.75, 3.05) is 0 Å². The first-order chi connectivity index (χ1) is 8.36. The lowest BCUT2D eigenvalue weighted by Gasteiger charge is -2.24. The van der Waals surface area contributed by atoms with Crippen molar-refractivity contribution >= 4 is 26.9 Å². The topological polar surface area (TPSA) is 42.0 Å². The molecule has 1 rings (SSSR count). The minimum atomic E-state index is -1.12. The number of halogens is 1. The molecule has 0 radical (unpaired) electrons. The largest absolute Gasteiger partial charge is 0.249 e. The van der Waals surface area contributed by atoms with Crippen molar-refractivity contribution in [1.82, 2.24) is 9.71 Å². The molecule has 1 N–H and O–H groups in total. The Bertz CT molecular complexity index is 443. The van der Waals surface area contributed by atoms with Gasteiger partial charge in [-0.3, -0.25) is 0 Å². The van der Waals surface area contributed by atoms with Crippen LogP contribution in [0.4, 0.5) is 0 Å². The molecule has 2 atom stereocenters. The van der Waals surface area contributed by atoms with E-state index in [1.807, 2.05) is 39.0 Å². The van der Waals surface area contributed by atoms with Crippen molar-refractivity contribution < 1.29 is 4.21 Å². The van der Waals surface area contributed by atoms with Crippen LogP contribution in [0, 0.1) is 0 Å². The molecule has 1 unspecified atom stereocenters. The first kappa shape index (κ1) is 15.5. The van der Waals surface area contributed by atoms with Crippen LogP contribution in [0.25, 0.3) is 0 Å². The average molecular weight is 331 g/mol. The van der Waals surface area contributed by atoms with Crippen LogP contribution in [-0.4, -0.2) is 13.9 Å². The quantitative estimate of drug-likeness (QED) is 0.663. The van der Waals surface area contributed by atoms with E-state index in [0.29, 0.717) is 6.42 Å². The Hall–Kier alpha value is -0.520. The molecule has 0 saturated heterocycles. The smallest absolute Gasteiger partial charge is 0.110 e. The standard InChI is InChI=1S/C13H19BrN2OS/c1-5-7-11(16-18(17)13(2,3)4)10-8-6-9-15-12(10)14/h5-6,8-9,11,16H,1,7H2,2-4H3/t11-,18?/m1/s1. The highest BCUT2D eigenvalue weighted by atomic mass is 79.9. The zero-order valence-electron chi connectivity index (χ0n) is 10.9. The summed E-state index contributed by atoms with van der Waals surface area (Å²) in [6, 6.07) is 3.79. The Morgan fingerprint density at radius 2 is 2.28 bits per heavy atom. The molecule has 0 aromatic carbocycles. The number of nitrogens with zero attached hydrogens (tertiary/aromatic N) is 1. The second kappa shape index (κ2) is 6.59. The lowest BCUT2D eigenvalue weighted by atomic mass is 10.1. The van der Waals surface area contributed by atoms with Gasteiger partial charge in [-0.25, -0.2) is 13.9 Å². The van der Waals surface area contributed by atoms with Gasteiger partial charge in [0.15, 0.2) is 0 Å². The lowest BCUT2D eigenvalue weighted by molar-refractivity contribution is 0.599. The van der Waals surface area contributed by atoms with E-state index < -0.39 is 11.0 Å². The Morgan fingerprint density at radius 1 is 1.61 bits per heavy atom. The highest BCUT2D eigenvalue weighted by Gasteiger charge is 2.24. The van der Waals surface area contributed by atoms with Crippen molar-refractivity contribution in [2.24, 2.45) is 0 Å². The zero-order valence-corrected chi connectivity index (χ0v) is 13.3. The normalized spacial score (nSPS) is 15.1. The number of nitrogens with one attached hydrogen (secondary N) is 1. The van der Waals surface area contributed by atoms with Gasteiger partial charge in [-0.05, 0) is 49.2 Å². The highest BCUT2D eigenvalue weighted by Crippen LogP contribution is 2.25. The van der Waals surface area contributed by atoms with E-state index in [9.17, 15) is 4.21 Å². The predicted octanol–water partition coefficient (Wildman–Crippen LogP) is 3.51. The Kier molecular flexibility index (Phi) is 5.69. The van der Waals surface area contributed by atoms with Crippen LogP contribution in [0.2, 0.25) is 0 Å². The summed E-state index contributed by atoms with van der Waals surface area (Å²) in [7, 11) is -1.12. The first-order valence-corrected chi connectivity index (χ1v) is 7.70. The van der Waals surface area contributed by atoms with E-state index in [2.05, 4.69) is 32.2 Å². The van der Waals surface area contributed by atoms with Gasteiger partial charge < -0.3 is 0 Å². The van der Waals surface area contributed by atoms with Crippen molar-refractivity contribution in [3.63, 3.8) is 0 Å². The summed E-state index contributed by atoms with van der Waals surface area (Å²) >= 11 is 3.42. The third-order valence-corrected chi connectivity index (χ3v) is 4.64. The molecule has 1 heterocycles. The number of hydrogen-bond acceptors (Lipinski definition) is 2. The van der Waals surface area contributed by atoms with Crippen LogP contribution >= 0.6 is 15.9 Å². The molecule has 5 heteroatoms. The Balaban J connectivity index is 2.94. The van der Waals surface area contributed by atoms with Gasteiger partial charge in [0.2, 0.25) is 0 Å². The van der Waals surface area contributed by atoms with Gasteiger partial charge in [-0.1, -0.05) is 12.1 Å². The molecule has 0 aliphatic heterocycles. The fraction of sp³-hybridized carbons (Fsp3) is 0.462. The summed E-state index contributed by atoms with van der Waals surface area (Å²) in [4.78, 5) is 4.20. The minimum Gasteiger partial charge on any atom is -0.249 e. The predicted molar refractivity (Wildman–Crippen MR) is 80.5 cm³/mol. The van der Waals surface area contributed by atoms with Gasteiger partial charge in [-0.2, -0.15) is 0 Å². The van der Waals surface area contributed by atoms with Crippen LogP contribution in [0.15, 0.2) is 35.6 Å². The molecule has 1 aromatic rings. The summed E-state index contributed by atoms with van der Waals surface area (Å²) in [6.45, 7) is 9.58. The molecule has 0 bridgehead atoms. The first-order valence-electron chi connectivity index (χ1n) is 5.75. The molecule has 0 fully saturated rings. The van der Waals surface area contributed by atoms with Crippen molar-refractivity contribution in [1.29, 1.82) is 0 Å². The molecule has 18 heavy (non-hydrogen) atoms. The lowest BCUT2D eigenvalue weighted by Crippen LogP contribution is -2.35. The second-order valence-electron chi connectivity index (χ2n) is 4.96. The fourth-order valence-corrected chi connectivity index (χ4v) is 2.73. The van der Waals surface area contributed by atoms with Crippen LogP contribution in [0.1, 0.15) is 38.8 Å². The fourth-order valence-electron chi connectivity index (χ4n) is 1.37. The molecule has 0 aliphatic rings. The van der Waals surface area contributed by atoms with Crippen LogP contribution in [0.3, 0.4) is 0 Å². The molecular weight excluding hydrogens is 312 g/mol. The maximum Gasteiger partial charge on any atom is 0.110 e. The van der Waals surface area contributed by atoms with Crippen molar-refractivity contribution in [2.45, 2.75) is 38.0 Å². The van der Waals surface area contributed by atoms with Gasteiger partial charge in [-0.15, -0.1) is 6.58 Å². The molecule has 100 valence electrons. The van der Waals surface area contributed by atoms with Crippen LogP contribution in [-0.2, 0) is 11.0 Å². The average Bonchev–Trinajstić information content (AvgIpc) is 2.28. The van der Waals surface area contributed by atoms with E-state index in [1.165, 1.54) is 0 Å². The number of pyridine rings is 1. The highest BCUT2D eigenvalue weighted by molar-refractivity contribution is 9.10. The molecule has 0 saturated carbocycles.